The lowest BCUT2D eigenvalue weighted by atomic mass is 10.1. The number of amides is 2. The van der Waals surface area contributed by atoms with E-state index in [2.05, 4.69) is 20.4 Å². The molecule has 0 bridgehead atoms. The molecule has 0 aliphatic carbocycles. The van der Waals surface area contributed by atoms with Crippen LogP contribution in [0.25, 0.3) is 0 Å². The summed E-state index contributed by atoms with van der Waals surface area (Å²) in [7, 11) is 0. The molecule has 0 spiro atoms. The molecular formula is C16H19N5O4. The number of hydrogen-bond acceptors (Lipinski definition) is 7. The third-order valence-corrected chi connectivity index (χ3v) is 3.53. The maximum Gasteiger partial charge on any atom is 0.318 e. The summed E-state index contributed by atoms with van der Waals surface area (Å²) in [5, 5.41) is 6.78. The number of carbonyl (C=O) groups is 1. The van der Waals surface area contributed by atoms with Gasteiger partial charge >= 0.3 is 6.03 Å². The highest BCUT2D eigenvalue weighted by atomic mass is 16.5. The number of nitrogens with zero attached hydrogens (tertiary/aromatic N) is 4. The standard InChI is InChI=1S/C16H19N5O4/c1-11(2)15-3-12(20-25-15)4-17-16(22)21(5-13-7-23-9-18-13)6-14-8-24-10-19-14/h3,7-11H,4-6H2,1-2H3,(H,17,22). The molecule has 0 aromatic carbocycles. The molecule has 0 fully saturated rings. The topological polar surface area (TPSA) is 110 Å². The predicted octanol–water partition coefficient (Wildman–Crippen LogP) is 2.69. The van der Waals surface area contributed by atoms with E-state index >= 15 is 0 Å². The zero-order chi connectivity index (χ0) is 17.6. The number of hydrogen-bond donors (Lipinski definition) is 1. The van der Waals surface area contributed by atoms with Gasteiger partial charge in [0.1, 0.15) is 24.0 Å². The van der Waals surface area contributed by atoms with Crippen molar-refractivity contribution >= 4 is 6.03 Å². The summed E-state index contributed by atoms with van der Waals surface area (Å²) in [5.74, 6) is 1.03. The zero-order valence-electron chi connectivity index (χ0n) is 14.0. The highest BCUT2D eigenvalue weighted by Gasteiger charge is 2.18. The van der Waals surface area contributed by atoms with Crippen LogP contribution in [0.5, 0.6) is 0 Å². The molecule has 0 aliphatic rings. The fourth-order valence-corrected chi connectivity index (χ4v) is 2.18. The number of urea groups is 1. The van der Waals surface area contributed by atoms with E-state index in [1.807, 2.05) is 19.9 Å². The first kappa shape index (κ1) is 16.7. The predicted molar refractivity (Wildman–Crippen MR) is 85.1 cm³/mol. The molecular weight excluding hydrogens is 326 g/mol. The quantitative estimate of drug-likeness (QED) is 0.701. The van der Waals surface area contributed by atoms with Crippen LogP contribution in [0.2, 0.25) is 0 Å². The Morgan fingerprint density at radius 3 is 2.24 bits per heavy atom. The summed E-state index contributed by atoms with van der Waals surface area (Å²) >= 11 is 0. The van der Waals surface area contributed by atoms with Gasteiger partial charge in [0.25, 0.3) is 0 Å². The molecule has 132 valence electrons. The largest absolute Gasteiger partial charge is 0.451 e. The SMILES string of the molecule is CC(C)c1cc(CNC(=O)N(Cc2cocn2)Cc2cocn2)no1. The Kier molecular flexibility index (Phi) is 5.12. The Morgan fingerprint density at radius 1 is 1.12 bits per heavy atom. The zero-order valence-corrected chi connectivity index (χ0v) is 14.0. The lowest BCUT2D eigenvalue weighted by molar-refractivity contribution is 0.190. The number of rotatable bonds is 7. The molecule has 3 aromatic rings. The van der Waals surface area contributed by atoms with Crippen LogP contribution in [0.3, 0.4) is 0 Å². The van der Waals surface area contributed by atoms with Gasteiger partial charge < -0.3 is 23.6 Å². The average molecular weight is 345 g/mol. The summed E-state index contributed by atoms with van der Waals surface area (Å²) in [6.45, 7) is 4.86. The van der Waals surface area contributed by atoms with E-state index in [-0.39, 0.29) is 31.6 Å². The molecule has 0 saturated carbocycles. The normalized spacial score (nSPS) is 11.0. The van der Waals surface area contributed by atoms with Crippen molar-refractivity contribution in [3.63, 3.8) is 0 Å². The molecule has 25 heavy (non-hydrogen) atoms. The molecule has 2 amide bonds. The van der Waals surface area contributed by atoms with Crippen molar-refractivity contribution < 1.29 is 18.2 Å². The Bertz CT molecular complexity index is 743. The summed E-state index contributed by atoms with van der Waals surface area (Å²) < 4.78 is 15.1. The summed E-state index contributed by atoms with van der Waals surface area (Å²) in [6, 6.07) is 1.56. The third kappa shape index (κ3) is 4.46. The highest BCUT2D eigenvalue weighted by molar-refractivity contribution is 5.74. The molecule has 0 radical (unpaired) electrons. The number of nitrogens with one attached hydrogen (secondary N) is 1. The van der Waals surface area contributed by atoms with Crippen LogP contribution < -0.4 is 5.32 Å². The first-order chi connectivity index (χ1) is 12.1. The minimum absolute atomic E-state index is 0.243. The van der Waals surface area contributed by atoms with Gasteiger partial charge in [-0.15, -0.1) is 0 Å². The van der Waals surface area contributed by atoms with E-state index in [0.29, 0.717) is 17.1 Å². The van der Waals surface area contributed by atoms with E-state index in [1.54, 1.807) is 4.90 Å². The van der Waals surface area contributed by atoms with Crippen molar-refractivity contribution in [1.29, 1.82) is 0 Å². The van der Waals surface area contributed by atoms with Gasteiger partial charge in [0.15, 0.2) is 12.8 Å². The maximum absolute atomic E-state index is 12.5. The van der Waals surface area contributed by atoms with E-state index < -0.39 is 0 Å². The van der Waals surface area contributed by atoms with Crippen molar-refractivity contribution in [2.45, 2.75) is 39.4 Å². The Labute approximate surface area is 144 Å². The average Bonchev–Trinajstić information content (AvgIpc) is 3.34. The van der Waals surface area contributed by atoms with Gasteiger partial charge in [-0.3, -0.25) is 0 Å². The minimum atomic E-state index is -0.278. The van der Waals surface area contributed by atoms with Gasteiger partial charge in [-0.1, -0.05) is 19.0 Å². The van der Waals surface area contributed by atoms with E-state index in [1.165, 1.54) is 25.3 Å². The van der Waals surface area contributed by atoms with Crippen LogP contribution in [0.1, 0.15) is 42.6 Å². The van der Waals surface area contributed by atoms with Crippen molar-refractivity contribution in [3.05, 3.63) is 54.2 Å². The van der Waals surface area contributed by atoms with Gasteiger partial charge in [0, 0.05) is 12.0 Å². The van der Waals surface area contributed by atoms with Crippen molar-refractivity contribution in [3.8, 4) is 0 Å². The van der Waals surface area contributed by atoms with Crippen LogP contribution in [0.15, 0.2) is 44.7 Å². The van der Waals surface area contributed by atoms with Gasteiger partial charge in [0.2, 0.25) is 0 Å². The molecule has 3 aromatic heterocycles. The van der Waals surface area contributed by atoms with Crippen molar-refractivity contribution in [2.75, 3.05) is 0 Å². The molecule has 0 saturated heterocycles. The van der Waals surface area contributed by atoms with E-state index in [9.17, 15) is 4.79 Å². The Balaban J connectivity index is 1.63. The minimum Gasteiger partial charge on any atom is -0.451 e. The maximum atomic E-state index is 12.5. The first-order valence-corrected chi connectivity index (χ1v) is 7.84. The van der Waals surface area contributed by atoms with Crippen molar-refractivity contribution in [1.82, 2.24) is 25.3 Å². The lowest BCUT2D eigenvalue weighted by Gasteiger charge is -2.20. The Hall–Kier alpha value is -3.10. The van der Waals surface area contributed by atoms with Gasteiger partial charge in [0.05, 0.1) is 31.0 Å². The number of aromatic nitrogens is 3. The Morgan fingerprint density at radius 2 is 1.76 bits per heavy atom. The van der Waals surface area contributed by atoms with Crippen LogP contribution in [0.4, 0.5) is 4.79 Å². The van der Waals surface area contributed by atoms with Gasteiger partial charge in [-0.25, -0.2) is 14.8 Å². The number of carbonyl (C=O) groups excluding carboxylic acids is 1. The van der Waals surface area contributed by atoms with Crippen LogP contribution in [-0.4, -0.2) is 26.1 Å². The highest BCUT2D eigenvalue weighted by Crippen LogP contribution is 2.15. The molecule has 0 atom stereocenters. The van der Waals surface area contributed by atoms with Gasteiger partial charge in [-0.2, -0.15) is 0 Å². The summed E-state index contributed by atoms with van der Waals surface area (Å²) in [5.41, 5.74) is 1.95. The molecule has 9 heteroatoms. The monoisotopic (exact) mass is 345 g/mol. The second-order valence-corrected chi connectivity index (χ2v) is 5.85. The van der Waals surface area contributed by atoms with Crippen LogP contribution >= 0.6 is 0 Å². The second kappa shape index (κ2) is 7.65. The molecule has 1 N–H and O–H groups in total. The summed E-state index contributed by atoms with van der Waals surface area (Å²) in [6.07, 6.45) is 5.64. The molecule has 0 unspecified atom stereocenters. The molecule has 9 nitrogen and oxygen atoms in total. The molecule has 3 rings (SSSR count). The smallest absolute Gasteiger partial charge is 0.318 e. The number of oxazole rings is 2. The summed E-state index contributed by atoms with van der Waals surface area (Å²) in [4.78, 5) is 22.2. The van der Waals surface area contributed by atoms with E-state index in [4.69, 9.17) is 13.4 Å². The lowest BCUT2D eigenvalue weighted by Crippen LogP contribution is -2.39. The molecule has 3 heterocycles. The first-order valence-electron chi connectivity index (χ1n) is 7.84. The third-order valence-electron chi connectivity index (χ3n) is 3.53. The second-order valence-electron chi connectivity index (χ2n) is 5.85. The van der Waals surface area contributed by atoms with Crippen LogP contribution in [0, 0.1) is 0 Å². The fraction of sp³-hybridized carbons (Fsp3) is 0.375. The van der Waals surface area contributed by atoms with Crippen LogP contribution in [-0.2, 0) is 19.6 Å². The van der Waals surface area contributed by atoms with Gasteiger partial charge in [-0.05, 0) is 0 Å². The fourth-order valence-electron chi connectivity index (χ4n) is 2.18. The molecule has 0 aliphatic heterocycles. The van der Waals surface area contributed by atoms with E-state index in [0.717, 1.165) is 5.76 Å². The van der Waals surface area contributed by atoms with Crippen molar-refractivity contribution in [2.24, 2.45) is 0 Å².